The quantitative estimate of drug-likeness (QED) is 0.819. The van der Waals surface area contributed by atoms with Crippen molar-refractivity contribution in [3.05, 3.63) is 17.5 Å². The van der Waals surface area contributed by atoms with Gasteiger partial charge in [0, 0.05) is 12.1 Å². The molecule has 1 N–H and O–H groups in total. The Morgan fingerprint density at radius 2 is 2.27 bits per heavy atom. The molecule has 82 valence electrons. The molecular weight excluding hydrogens is 192 g/mol. The number of rotatable bonds is 3. The van der Waals surface area contributed by atoms with Crippen LogP contribution in [0.1, 0.15) is 38.1 Å². The average molecular weight is 208 g/mol. The molecule has 1 fully saturated rings. The van der Waals surface area contributed by atoms with E-state index in [1.54, 1.807) is 0 Å². The Balaban J connectivity index is 2.17. The predicted molar refractivity (Wildman–Crippen MR) is 55.4 cm³/mol. The number of carbonyl (C=O) groups excluding carboxylic acids is 1. The Bertz CT molecular complexity index is 378. The summed E-state index contributed by atoms with van der Waals surface area (Å²) < 4.78 is 5.02. The summed E-state index contributed by atoms with van der Waals surface area (Å²) in [5, 5.41) is 6.88. The highest BCUT2D eigenvalue weighted by molar-refractivity contribution is 5.90. The maximum Gasteiger partial charge on any atom is 0.232 e. The first-order valence-corrected chi connectivity index (χ1v) is 5.29. The normalized spacial score (nSPS) is 17.9. The number of carbonyl (C=O) groups is 1. The summed E-state index contributed by atoms with van der Waals surface area (Å²) in [6.07, 6.45) is 1.75. The molecule has 1 saturated carbocycles. The summed E-state index contributed by atoms with van der Waals surface area (Å²) in [5.74, 6) is 0.833. The Kier molecular flexibility index (Phi) is 2.29. The SMILES string of the molecule is Cc1cc(C2(C(=O)NC(C)C)CC2)no1. The van der Waals surface area contributed by atoms with E-state index in [9.17, 15) is 4.79 Å². The topological polar surface area (TPSA) is 55.1 Å². The number of hydrogen-bond donors (Lipinski definition) is 1. The molecule has 2 rings (SSSR count). The van der Waals surface area contributed by atoms with Crippen LogP contribution in [0.15, 0.2) is 10.6 Å². The molecule has 0 aromatic carbocycles. The molecular formula is C11H16N2O2. The van der Waals surface area contributed by atoms with Crippen LogP contribution in [0.3, 0.4) is 0 Å². The van der Waals surface area contributed by atoms with E-state index in [0.29, 0.717) is 0 Å². The zero-order valence-corrected chi connectivity index (χ0v) is 9.33. The molecule has 1 aliphatic carbocycles. The van der Waals surface area contributed by atoms with Gasteiger partial charge in [-0.15, -0.1) is 0 Å². The number of nitrogens with zero attached hydrogens (tertiary/aromatic N) is 1. The second-order valence-corrected chi connectivity index (χ2v) is 4.53. The molecule has 0 spiro atoms. The van der Waals surface area contributed by atoms with Gasteiger partial charge in [0.1, 0.15) is 5.76 Å². The maximum absolute atomic E-state index is 12.0. The van der Waals surface area contributed by atoms with E-state index < -0.39 is 5.41 Å². The summed E-state index contributed by atoms with van der Waals surface area (Å²) in [6, 6.07) is 2.02. The Labute approximate surface area is 89.0 Å². The molecule has 1 aromatic heterocycles. The van der Waals surface area contributed by atoms with Gasteiger partial charge < -0.3 is 9.84 Å². The predicted octanol–water partition coefficient (Wildman–Crippen LogP) is 1.54. The fourth-order valence-corrected chi connectivity index (χ4v) is 1.72. The summed E-state index contributed by atoms with van der Waals surface area (Å²) in [6.45, 7) is 5.76. The molecule has 0 bridgehead atoms. The van der Waals surface area contributed by atoms with Crippen LogP contribution in [-0.2, 0) is 10.2 Å². The first-order valence-electron chi connectivity index (χ1n) is 5.29. The number of aromatic nitrogens is 1. The van der Waals surface area contributed by atoms with Crippen LogP contribution in [0, 0.1) is 6.92 Å². The lowest BCUT2D eigenvalue weighted by Crippen LogP contribution is -2.39. The molecule has 1 aromatic rings. The van der Waals surface area contributed by atoms with E-state index in [0.717, 1.165) is 24.3 Å². The van der Waals surface area contributed by atoms with Crippen LogP contribution in [-0.4, -0.2) is 17.1 Å². The van der Waals surface area contributed by atoms with Gasteiger partial charge in [-0.3, -0.25) is 4.79 Å². The van der Waals surface area contributed by atoms with Gasteiger partial charge >= 0.3 is 0 Å². The molecule has 1 amide bonds. The number of nitrogens with one attached hydrogen (secondary N) is 1. The van der Waals surface area contributed by atoms with Gasteiger partial charge in [0.25, 0.3) is 0 Å². The van der Waals surface area contributed by atoms with Crippen molar-refractivity contribution in [3.63, 3.8) is 0 Å². The van der Waals surface area contributed by atoms with Gasteiger partial charge in [-0.05, 0) is 33.6 Å². The van der Waals surface area contributed by atoms with Gasteiger partial charge in [0.05, 0.1) is 11.1 Å². The molecule has 0 unspecified atom stereocenters. The van der Waals surface area contributed by atoms with Gasteiger partial charge in [0.2, 0.25) is 5.91 Å². The summed E-state index contributed by atoms with van der Waals surface area (Å²) in [7, 11) is 0. The number of aryl methyl sites for hydroxylation is 1. The van der Waals surface area contributed by atoms with E-state index in [1.165, 1.54) is 0 Å². The molecule has 15 heavy (non-hydrogen) atoms. The number of hydrogen-bond acceptors (Lipinski definition) is 3. The second-order valence-electron chi connectivity index (χ2n) is 4.53. The van der Waals surface area contributed by atoms with E-state index in [1.807, 2.05) is 26.8 Å². The van der Waals surface area contributed by atoms with Crippen LogP contribution >= 0.6 is 0 Å². The van der Waals surface area contributed by atoms with Crippen molar-refractivity contribution in [1.82, 2.24) is 10.5 Å². The van der Waals surface area contributed by atoms with Crippen LogP contribution in [0.25, 0.3) is 0 Å². The molecule has 4 nitrogen and oxygen atoms in total. The summed E-state index contributed by atoms with van der Waals surface area (Å²) in [5.41, 5.74) is 0.375. The summed E-state index contributed by atoms with van der Waals surface area (Å²) in [4.78, 5) is 12.0. The largest absolute Gasteiger partial charge is 0.361 e. The Hall–Kier alpha value is -1.32. The third-order valence-electron chi connectivity index (χ3n) is 2.72. The van der Waals surface area contributed by atoms with Crippen molar-refractivity contribution < 1.29 is 9.32 Å². The fraction of sp³-hybridized carbons (Fsp3) is 0.636. The molecule has 1 heterocycles. The average Bonchev–Trinajstić information content (AvgIpc) is 2.84. The van der Waals surface area contributed by atoms with Crippen LogP contribution < -0.4 is 5.32 Å². The molecule has 1 aliphatic rings. The van der Waals surface area contributed by atoms with Crippen LogP contribution in [0.5, 0.6) is 0 Å². The van der Waals surface area contributed by atoms with Crippen LogP contribution in [0.2, 0.25) is 0 Å². The van der Waals surface area contributed by atoms with E-state index in [2.05, 4.69) is 10.5 Å². The molecule has 0 aliphatic heterocycles. The van der Waals surface area contributed by atoms with E-state index >= 15 is 0 Å². The lowest BCUT2D eigenvalue weighted by molar-refractivity contribution is -0.124. The van der Waals surface area contributed by atoms with Gasteiger partial charge in [-0.2, -0.15) is 0 Å². The Morgan fingerprint density at radius 1 is 1.60 bits per heavy atom. The van der Waals surface area contributed by atoms with Gasteiger partial charge in [-0.1, -0.05) is 5.16 Å². The van der Waals surface area contributed by atoms with Crippen molar-refractivity contribution in [1.29, 1.82) is 0 Å². The minimum atomic E-state index is -0.401. The van der Waals surface area contributed by atoms with Crippen molar-refractivity contribution in [2.75, 3.05) is 0 Å². The van der Waals surface area contributed by atoms with E-state index in [-0.39, 0.29) is 11.9 Å². The number of amides is 1. The molecule has 4 heteroatoms. The summed E-state index contributed by atoms with van der Waals surface area (Å²) >= 11 is 0. The van der Waals surface area contributed by atoms with Crippen molar-refractivity contribution >= 4 is 5.91 Å². The van der Waals surface area contributed by atoms with Gasteiger partial charge in [0.15, 0.2) is 0 Å². The minimum Gasteiger partial charge on any atom is -0.361 e. The van der Waals surface area contributed by atoms with Crippen molar-refractivity contribution in [2.24, 2.45) is 0 Å². The zero-order chi connectivity index (χ0) is 11.1. The highest BCUT2D eigenvalue weighted by Crippen LogP contribution is 2.47. The van der Waals surface area contributed by atoms with E-state index in [4.69, 9.17) is 4.52 Å². The fourth-order valence-electron chi connectivity index (χ4n) is 1.72. The van der Waals surface area contributed by atoms with Crippen LogP contribution in [0.4, 0.5) is 0 Å². The minimum absolute atomic E-state index is 0.0748. The van der Waals surface area contributed by atoms with Gasteiger partial charge in [-0.25, -0.2) is 0 Å². The highest BCUT2D eigenvalue weighted by atomic mass is 16.5. The second kappa shape index (κ2) is 3.36. The smallest absolute Gasteiger partial charge is 0.232 e. The van der Waals surface area contributed by atoms with Crippen molar-refractivity contribution in [3.8, 4) is 0 Å². The third-order valence-corrected chi connectivity index (χ3v) is 2.72. The van der Waals surface area contributed by atoms with Crippen molar-refractivity contribution in [2.45, 2.75) is 45.1 Å². The molecule has 0 radical (unpaired) electrons. The first-order chi connectivity index (χ1) is 7.04. The lowest BCUT2D eigenvalue weighted by atomic mass is 10.0. The highest BCUT2D eigenvalue weighted by Gasteiger charge is 2.53. The lowest BCUT2D eigenvalue weighted by Gasteiger charge is -2.14. The maximum atomic E-state index is 12.0. The molecule has 0 saturated heterocycles. The third kappa shape index (κ3) is 1.76. The Morgan fingerprint density at radius 3 is 2.67 bits per heavy atom. The molecule has 0 atom stereocenters. The standard InChI is InChI=1S/C11H16N2O2/c1-7(2)12-10(14)11(4-5-11)9-6-8(3)15-13-9/h6-7H,4-5H2,1-3H3,(H,12,14). The zero-order valence-electron chi connectivity index (χ0n) is 9.33. The monoisotopic (exact) mass is 208 g/mol. The first kappa shape index (κ1) is 10.2.